The van der Waals surface area contributed by atoms with Gasteiger partial charge in [0.1, 0.15) is 0 Å². The standard InChI is InChI=1S/C12H21N3O3/c1-9(2)15(8-4-6-13)12(18)14-7-5-10(3)11(16)17/h9-10H,4-5,7-8H2,1-3H3,(H,14,18)(H,16,17). The summed E-state index contributed by atoms with van der Waals surface area (Å²) >= 11 is 0. The Bertz CT molecular complexity index is 323. The molecule has 0 aromatic rings. The first-order valence-corrected chi connectivity index (χ1v) is 6.04. The van der Waals surface area contributed by atoms with E-state index < -0.39 is 11.9 Å². The van der Waals surface area contributed by atoms with Gasteiger partial charge in [0.2, 0.25) is 0 Å². The Morgan fingerprint density at radius 1 is 1.39 bits per heavy atom. The number of amides is 2. The molecular formula is C12H21N3O3. The summed E-state index contributed by atoms with van der Waals surface area (Å²) in [7, 11) is 0. The molecule has 1 atom stereocenters. The van der Waals surface area contributed by atoms with Crippen LogP contribution in [0.1, 0.15) is 33.6 Å². The molecule has 0 aromatic carbocycles. The smallest absolute Gasteiger partial charge is 0.317 e. The third kappa shape index (κ3) is 6.09. The molecule has 0 spiro atoms. The Balaban J connectivity index is 4.11. The van der Waals surface area contributed by atoms with Crippen LogP contribution in [-0.2, 0) is 4.79 Å². The van der Waals surface area contributed by atoms with Gasteiger partial charge in [-0.15, -0.1) is 0 Å². The van der Waals surface area contributed by atoms with Crippen LogP contribution in [0.4, 0.5) is 4.79 Å². The summed E-state index contributed by atoms with van der Waals surface area (Å²) in [6, 6.07) is 1.76. The normalized spacial score (nSPS) is 11.7. The van der Waals surface area contributed by atoms with Gasteiger partial charge in [-0.25, -0.2) is 4.79 Å². The van der Waals surface area contributed by atoms with E-state index in [0.717, 1.165) is 0 Å². The lowest BCUT2D eigenvalue weighted by molar-refractivity contribution is -0.141. The molecule has 2 amide bonds. The second kappa shape index (κ2) is 8.34. The van der Waals surface area contributed by atoms with Gasteiger partial charge in [-0.2, -0.15) is 5.26 Å². The van der Waals surface area contributed by atoms with Crippen molar-refractivity contribution in [3.8, 4) is 6.07 Å². The fourth-order valence-electron chi connectivity index (χ4n) is 1.39. The molecule has 102 valence electrons. The van der Waals surface area contributed by atoms with Gasteiger partial charge < -0.3 is 15.3 Å². The zero-order valence-electron chi connectivity index (χ0n) is 11.1. The number of carboxylic acids is 1. The maximum atomic E-state index is 11.8. The summed E-state index contributed by atoms with van der Waals surface area (Å²) in [4.78, 5) is 24.0. The Kier molecular flexibility index (Phi) is 7.52. The van der Waals surface area contributed by atoms with Gasteiger partial charge in [0, 0.05) is 19.1 Å². The maximum Gasteiger partial charge on any atom is 0.317 e. The van der Waals surface area contributed by atoms with Crippen molar-refractivity contribution in [2.45, 2.75) is 39.7 Å². The van der Waals surface area contributed by atoms with E-state index in [1.165, 1.54) is 0 Å². The number of hydrogen-bond donors (Lipinski definition) is 2. The van der Waals surface area contributed by atoms with Crippen LogP contribution in [0.3, 0.4) is 0 Å². The third-order valence-corrected chi connectivity index (χ3v) is 2.62. The average Bonchev–Trinajstić information content (AvgIpc) is 2.28. The molecule has 0 aromatic heterocycles. The van der Waals surface area contributed by atoms with E-state index in [-0.39, 0.29) is 18.5 Å². The SMILES string of the molecule is CC(CCNC(=O)N(CCC#N)C(C)C)C(=O)O. The Morgan fingerprint density at radius 3 is 2.44 bits per heavy atom. The van der Waals surface area contributed by atoms with Gasteiger partial charge >= 0.3 is 12.0 Å². The van der Waals surface area contributed by atoms with Crippen LogP contribution in [0.15, 0.2) is 0 Å². The number of nitrogens with one attached hydrogen (secondary N) is 1. The molecule has 0 saturated heterocycles. The van der Waals surface area contributed by atoms with Gasteiger partial charge in [-0.1, -0.05) is 6.92 Å². The van der Waals surface area contributed by atoms with Crippen molar-refractivity contribution in [1.82, 2.24) is 10.2 Å². The second-order valence-corrected chi connectivity index (χ2v) is 4.46. The molecule has 0 fully saturated rings. The summed E-state index contributed by atoms with van der Waals surface area (Å²) in [5.41, 5.74) is 0. The van der Waals surface area contributed by atoms with Crippen molar-refractivity contribution >= 4 is 12.0 Å². The van der Waals surface area contributed by atoms with Crippen LogP contribution < -0.4 is 5.32 Å². The minimum absolute atomic E-state index is 0.00949. The number of urea groups is 1. The van der Waals surface area contributed by atoms with E-state index in [0.29, 0.717) is 19.5 Å². The molecule has 1 unspecified atom stereocenters. The van der Waals surface area contributed by atoms with Crippen molar-refractivity contribution in [1.29, 1.82) is 5.26 Å². The predicted molar refractivity (Wildman–Crippen MR) is 66.9 cm³/mol. The van der Waals surface area contributed by atoms with Gasteiger partial charge in [0.05, 0.1) is 18.4 Å². The van der Waals surface area contributed by atoms with Crippen LogP contribution in [-0.4, -0.2) is 41.1 Å². The minimum Gasteiger partial charge on any atom is -0.481 e. The molecule has 0 bridgehead atoms. The first-order valence-electron chi connectivity index (χ1n) is 6.04. The van der Waals surface area contributed by atoms with E-state index in [1.807, 2.05) is 19.9 Å². The number of carboxylic acid groups (broad SMARTS) is 1. The third-order valence-electron chi connectivity index (χ3n) is 2.62. The number of nitrogens with zero attached hydrogens (tertiary/aromatic N) is 2. The Labute approximate surface area is 108 Å². The minimum atomic E-state index is -0.866. The summed E-state index contributed by atoms with van der Waals surface area (Å²) in [5, 5.41) is 19.9. The highest BCUT2D eigenvalue weighted by molar-refractivity contribution is 5.74. The number of aliphatic carboxylic acids is 1. The van der Waals surface area contributed by atoms with Crippen LogP contribution in [0.5, 0.6) is 0 Å². The average molecular weight is 255 g/mol. The van der Waals surface area contributed by atoms with E-state index in [1.54, 1.807) is 11.8 Å². The van der Waals surface area contributed by atoms with Gasteiger partial charge in [0.25, 0.3) is 0 Å². The van der Waals surface area contributed by atoms with Crippen LogP contribution in [0.2, 0.25) is 0 Å². The highest BCUT2D eigenvalue weighted by Gasteiger charge is 2.17. The molecular weight excluding hydrogens is 234 g/mol. The first kappa shape index (κ1) is 16.2. The fraction of sp³-hybridized carbons (Fsp3) is 0.750. The number of hydrogen-bond acceptors (Lipinski definition) is 3. The largest absolute Gasteiger partial charge is 0.481 e. The number of nitriles is 1. The molecule has 6 nitrogen and oxygen atoms in total. The first-order chi connectivity index (χ1) is 8.40. The molecule has 18 heavy (non-hydrogen) atoms. The summed E-state index contributed by atoms with van der Waals surface area (Å²) in [6.07, 6.45) is 0.683. The summed E-state index contributed by atoms with van der Waals surface area (Å²) < 4.78 is 0. The Hall–Kier alpha value is -1.77. The van der Waals surface area contributed by atoms with Crippen LogP contribution >= 0.6 is 0 Å². The van der Waals surface area contributed by atoms with Crippen molar-refractivity contribution < 1.29 is 14.7 Å². The molecule has 0 heterocycles. The van der Waals surface area contributed by atoms with Crippen molar-refractivity contribution in [3.05, 3.63) is 0 Å². The molecule has 0 aliphatic carbocycles. The van der Waals surface area contributed by atoms with E-state index >= 15 is 0 Å². The molecule has 0 rings (SSSR count). The molecule has 2 N–H and O–H groups in total. The lowest BCUT2D eigenvalue weighted by Crippen LogP contribution is -2.45. The van der Waals surface area contributed by atoms with Crippen LogP contribution in [0.25, 0.3) is 0 Å². The predicted octanol–water partition coefficient (Wildman–Crippen LogP) is 1.43. The van der Waals surface area contributed by atoms with Crippen LogP contribution in [0, 0.1) is 17.2 Å². The number of carbonyl (C=O) groups excluding carboxylic acids is 1. The maximum absolute atomic E-state index is 11.8. The second-order valence-electron chi connectivity index (χ2n) is 4.46. The monoisotopic (exact) mass is 255 g/mol. The van der Waals surface area contributed by atoms with E-state index in [4.69, 9.17) is 10.4 Å². The van der Waals surface area contributed by atoms with Crippen molar-refractivity contribution in [2.24, 2.45) is 5.92 Å². The lowest BCUT2D eigenvalue weighted by Gasteiger charge is -2.26. The molecule has 0 aliphatic rings. The zero-order valence-corrected chi connectivity index (χ0v) is 11.1. The molecule has 0 saturated carbocycles. The van der Waals surface area contributed by atoms with E-state index in [2.05, 4.69) is 5.32 Å². The zero-order chi connectivity index (χ0) is 14.1. The lowest BCUT2D eigenvalue weighted by atomic mass is 10.1. The van der Waals surface area contributed by atoms with Gasteiger partial charge in [-0.3, -0.25) is 4.79 Å². The fourth-order valence-corrected chi connectivity index (χ4v) is 1.39. The van der Waals surface area contributed by atoms with E-state index in [9.17, 15) is 9.59 Å². The van der Waals surface area contributed by atoms with Crippen molar-refractivity contribution in [3.63, 3.8) is 0 Å². The number of rotatable bonds is 7. The Morgan fingerprint density at radius 2 is 2.00 bits per heavy atom. The van der Waals surface area contributed by atoms with Gasteiger partial charge in [-0.05, 0) is 20.3 Å². The topological polar surface area (TPSA) is 93.4 Å². The quantitative estimate of drug-likeness (QED) is 0.719. The molecule has 0 radical (unpaired) electrons. The summed E-state index contributed by atoms with van der Waals surface area (Å²) in [6.45, 7) is 6.05. The summed E-state index contributed by atoms with van der Waals surface area (Å²) in [5.74, 6) is -1.34. The molecule has 0 aliphatic heterocycles. The van der Waals surface area contributed by atoms with Crippen molar-refractivity contribution in [2.75, 3.05) is 13.1 Å². The highest BCUT2D eigenvalue weighted by Crippen LogP contribution is 2.02. The molecule has 6 heteroatoms. The number of carbonyl (C=O) groups is 2. The van der Waals surface area contributed by atoms with Gasteiger partial charge in [0.15, 0.2) is 0 Å². The highest BCUT2D eigenvalue weighted by atomic mass is 16.4.